The van der Waals surface area contributed by atoms with Gasteiger partial charge in [0, 0.05) is 25.2 Å². The SMILES string of the molecule is CC1(O)CCCN(c2ccc([N+](=O)[O-])cc2C#N)CC1. The van der Waals surface area contributed by atoms with E-state index >= 15 is 0 Å². The molecule has 1 saturated heterocycles. The molecular weight excluding hydrogens is 258 g/mol. The Morgan fingerprint density at radius 1 is 1.45 bits per heavy atom. The van der Waals surface area contributed by atoms with Crippen molar-refractivity contribution in [2.75, 3.05) is 18.0 Å². The first kappa shape index (κ1) is 14.3. The number of nitriles is 1. The molecule has 6 heteroatoms. The minimum absolute atomic E-state index is 0.0767. The molecule has 0 saturated carbocycles. The van der Waals surface area contributed by atoms with Crippen molar-refractivity contribution in [1.82, 2.24) is 0 Å². The number of nitro groups is 1. The maximum atomic E-state index is 10.7. The van der Waals surface area contributed by atoms with Crippen molar-refractivity contribution in [3.05, 3.63) is 33.9 Å². The highest BCUT2D eigenvalue weighted by molar-refractivity contribution is 5.63. The molecule has 106 valence electrons. The summed E-state index contributed by atoms with van der Waals surface area (Å²) in [5.74, 6) is 0. The van der Waals surface area contributed by atoms with Gasteiger partial charge in [-0.25, -0.2) is 0 Å². The fraction of sp³-hybridized carbons (Fsp3) is 0.500. The van der Waals surface area contributed by atoms with Gasteiger partial charge in [-0.1, -0.05) is 0 Å². The summed E-state index contributed by atoms with van der Waals surface area (Å²) in [7, 11) is 0. The van der Waals surface area contributed by atoms with Gasteiger partial charge in [0.1, 0.15) is 6.07 Å². The first-order valence-electron chi connectivity index (χ1n) is 6.59. The summed E-state index contributed by atoms with van der Waals surface area (Å²) in [5.41, 5.74) is 0.256. The van der Waals surface area contributed by atoms with E-state index in [1.165, 1.54) is 12.1 Å². The fourth-order valence-electron chi connectivity index (χ4n) is 2.51. The third-order valence-electron chi connectivity index (χ3n) is 3.72. The van der Waals surface area contributed by atoms with E-state index in [0.29, 0.717) is 24.2 Å². The number of aliphatic hydroxyl groups is 1. The lowest BCUT2D eigenvalue weighted by Crippen LogP contribution is -2.28. The van der Waals surface area contributed by atoms with E-state index in [2.05, 4.69) is 0 Å². The molecule has 1 aromatic rings. The van der Waals surface area contributed by atoms with E-state index in [0.717, 1.165) is 19.4 Å². The topological polar surface area (TPSA) is 90.4 Å². The minimum atomic E-state index is -0.678. The Balaban J connectivity index is 2.29. The van der Waals surface area contributed by atoms with Crippen LogP contribution in [0.25, 0.3) is 0 Å². The van der Waals surface area contributed by atoms with Gasteiger partial charge >= 0.3 is 0 Å². The highest BCUT2D eigenvalue weighted by atomic mass is 16.6. The number of hydrogen-bond acceptors (Lipinski definition) is 5. The molecule has 1 N–H and O–H groups in total. The predicted molar refractivity (Wildman–Crippen MR) is 74.5 cm³/mol. The Bertz CT molecular complexity index is 563. The number of nitrogens with zero attached hydrogens (tertiary/aromatic N) is 3. The average Bonchev–Trinajstić information content (AvgIpc) is 2.59. The van der Waals surface area contributed by atoms with E-state index in [-0.39, 0.29) is 5.69 Å². The fourth-order valence-corrected chi connectivity index (χ4v) is 2.51. The second-order valence-corrected chi connectivity index (χ2v) is 5.41. The maximum absolute atomic E-state index is 10.7. The van der Waals surface area contributed by atoms with Gasteiger partial charge in [-0.15, -0.1) is 0 Å². The van der Waals surface area contributed by atoms with Gasteiger partial charge in [0.05, 0.1) is 21.8 Å². The van der Waals surface area contributed by atoms with Crippen LogP contribution in [0.15, 0.2) is 18.2 Å². The largest absolute Gasteiger partial charge is 0.390 e. The van der Waals surface area contributed by atoms with E-state index in [1.54, 1.807) is 6.07 Å². The van der Waals surface area contributed by atoms with Crippen molar-refractivity contribution < 1.29 is 10.0 Å². The summed E-state index contributed by atoms with van der Waals surface area (Å²) >= 11 is 0. The first-order valence-corrected chi connectivity index (χ1v) is 6.59. The Labute approximate surface area is 117 Å². The van der Waals surface area contributed by atoms with Crippen LogP contribution in [0.1, 0.15) is 31.7 Å². The lowest BCUT2D eigenvalue weighted by Gasteiger charge is -2.25. The molecule has 1 unspecified atom stereocenters. The summed E-state index contributed by atoms with van der Waals surface area (Å²) in [6, 6.07) is 6.36. The van der Waals surface area contributed by atoms with Gasteiger partial charge in [-0.05, 0) is 32.3 Å². The minimum Gasteiger partial charge on any atom is -0.390 e. The zero-order chi connectivity index (χ0) is 14.8. The Kier molecular flexibility index (Phi) is 3.91. The second-order valence-electron chi connectivity index (χ2n) is 5.41. The molecule has 6 nitrogen and oxygen atoms in total. The van der Waals surface area contributed by atoms with Crippen molar-refractivity contribution in [2.24, 2.45) is 0 Å². The number of rotatable bonds is 2. The lowest BCUT2D eigenvalue weighted by molar-refractivity contribution is -0.384. The van der Waals surface area contributed by atoms with Crippen molar-refractivity contribution in [3.8, 4) is 6.07 Å². The van der Waals surface area contributed by atoms with Crippen LogP contribution in [0.3, 0.4) is 0 Å². The van der Waals surface area contributed by atoms with Crippen LogP contribution in [0, 0.1) is 21.4 Å². The van der Waals surface area contributed by atoms with E-state index in [4.69, 9.17) is 0 Å². The van der Waals surface area contributed by atoms with Crippen LogP contribution < -0.4 is 4.90 Å². The lowest BCUT2D eigenvalue weighted by atomic mass is 9.98. The van der Waals surface area contributed by atoms with Crippen LogP contribution >= 0.6 is 0 Å². The molecule has 0 spiro atoms. The van der Waals surface area contributed by atoms with Gasteiger partial charge in [0.15, 0.2) is 0 Å². The van der Waals surface area contributed by atoms with Crippen LogP contribution in [0.5, 0.6) is 0 Å². The highest BCUT2D eigenvalue weighted by Gasteiger charge is 2.26. The molecule has 0 amide bonds. The van der Waals surface area contributed by atoms with Crippen LogP contribution in [-0.2, 0) is 0 Å². The monoisotopic (exact) mass is 275 g/mol. The molecule has 0 aliphatic carbocycles. The number of non-ortho nitro benzene ring substituents is 1. The van der Waals surface area contributed by atoms with Crippen molar-refractivity contribution in [1.29, 1.82) is 5.26 Å². The summed E-state index contributed by atoms with van der Waals surface area (Å²) < 4.78 is 0. The summed E-state index contributed by atoms with van der Waals surface area (Å²) in [5, 5.41) is 30.0. The van der Waals surface area contributed by atoms with Crippen LogP contribution in [-0.4, -0.2) is 28.7 Å². The Morgan fingerprint density at radius 2 is 2.20 bits per heavy atom. The van der Waals surface area contributed by atoms with Gasteiger partial charge < -0.3 is 10.0 Å². The Hall–Kier alpha value is -2.13. The third kappa shape index (κ3) is 3.06. The zero-order valence-electron chi connectivity index (χ0n) is 11.4. The maximum Gasteiger partial charge on any atom is 0.270 e. The molecule has 1 heterocycles. The van der Waals surface area contributed by atoms with E-state index in [9.17, 15) is 20.5 Å². The molecule has 2 rings (SSSR count). The van der Waals surface area contributed by atoms with E-state index in [1.807, 2.05) is 17.9 Å². The normalized spacial score (nSPS) is 22.9. The van der Waals surface area contributed by atoms with Crippen LogP contribution in [0.4, 0.5) is 11.4 Å². The summed E-state index contributed by atoms with van der Waals surface area (Å²) in [6.45, 7) is 3.19. The smallest absolute Gasteiger partial charge is 0.270 e. The Morgan fingerprint density at radius 3 is 2.85 bits per heavy atom. The molecule has 1 fully saturated rings. The number of nitro benzene ring substituents is 1. The van der Waals surface area contributed by atoms with E-state index < -0.39 is 10.5 Å². The molecular formula is C14H17N3O3. The molecule has 0 radical (unpaired) electrons. The zero-order valence-corrected chi connectivity index (χ0v) is 11.4. The van der Waals surface area contributed by atoms with Crippen LogP contribution in [0.2, 0.25) is 0 Å². The molecule has 1 atom stereocenters. The van der Waals surface area contributed by atoms with Crippen molar-refractivity contribution >= 4 is 11.4 Å². The second kappa shape index (κ2) is 5.47. The average molecular weight is 275 g/mol. The first-order chi connectivity index (χ1) is 9.43. The van der Waals surface area contributed by atoms with Crippen molar-refractivity contribution in [2.45, 2.75) is 31.8 Å². The molecule has 20 heavy (non-hydrogen) atoms. The van der Waals surface area contributed by atoms with Gasteiger partial charge in [-0.2, -0.15) is 5.26 Å². The summed E-state index contributed by atoms with van der Waals surface area (Å²) in [4.78, 5) is 12.3. The molecule has 1 aliphatic heterocycles. The predicted octanol–water partition coefficient (Wildman–Crippen LogP) is 2.21. The highest BCUT2D eigenvalue weighted by Crippen LogP contribution is 2.29. The molecule has 1 aromatic carbocycles. The number of anilines is 1. The molecule has 0 bridgehead atoms. The molecule has 0 aromatic heterocycles. The third-order valence-corrected chi connectivity index (χ3v) is 3.72. The van der Waals surface area contributed by atoms with Gasteiger partial charge in [0.2, 0.25) is 0 Å². The molecule has 1 aliphatic rings. The number of benzene rings is 1. The standard InChI is InChI=1S/C14H17N3O3/c1-14(18)5-2-7-16(8-6-14)13-4-3-12(17(19)20)9-11(13)10-15/h3-4,9,18H,2,5-8H2,1H3. The quantitative estimate of drug-likeness (QED) is 0.660. The van der Waals surface area contributed by atoms with Crippen molar-refractivity contribution in [3.63, 3.8) is 0 Å². The number of hydrogen-bond donors (Lipinski definition) is 1. The summed E-state index contributed by atoms with van der Waals surface area (Å²) in [6.07, 6.45) is 2.17. The van der Waals surface area contributed by atoms with Gasteiger partial charge in [-0.3, -0.25) is 10.1 Å². The van der Waals surface area contributed by atoms with Gasteiger partial charge in [0.25, 0.3) is 5.69 Å².